The minimum atomic E-state index is -0.481. The van der Waals surface area contributed by atoms with Gasteiger partial charge in [-0.15, -0.1) is 0 Å². The Morgan fingerprint density at radius 3 is 2.47 bits per heavy atom. The van der Waals surface area contributed by atoms with Crippen molar-refractivity contribution < 1.29 is 9.53 Å². The number of hydrogen-bond acceptors (Lipinski definition) is 3. The molecule has 1 aromatic carbocycles. The van der Waals surface area contributed by atoms with Crippen molar-refractivity contribution in [1.29, 1.82) is 0 Å². The molecule has 0 aliphatic heterocycles. The van der Waals surface area contributed by atoms with Crippen LogP contribution < -0.4 is 15.8 Å². The Morgan fingerprint density at radius 1 is 1.32 bits per heavy atom. The van der Waals surface area contributed by atoms with Crippen LogP contribution in [0.3, 0.4) is 0 Å². The number of nitrogens with two attached hydrogens (primary N) is 1. The van der Waals surface area contributed by atoms with Crippen LogP contribution >= 0.6 is 0 Å². The lowest BCUT2D eigenvalue weighted by atomic mass is 10.1. The van der Waals surface area contributed by atoms with E-state index in [-0.39, 0.29) is 11.9 Å². The van der Waals surface area contributed by atoms with Gasteiger partial charge in [0, 0.05) is 12.6 Å². The maximum atomic E-state index is 11.7. The molecule has 2 unspecified atom stereocenters. The van der Waals surface area contributed by atoms with Gasteiger partial charge < -0.3 is 15.8 Å². The summed E-state index contributed by atoms with van der Waals surface area (Å²) >= 11 is 0. The zero-order valence-corrected chi connectivity index (χ0v) is 12.0. The Labute approximate surface area is 115 Å². The fourth-order valence-corrected chi connectivity index (χ4v) is 1.73. The summed E-state index contributed by atoms with van der Waals surface area (Å²) in [4.78, 5) is 11.7. The fourth-order valence-electron chi connectivity index (χ4n) is 1.73. The van der Waals surface area contributed by atoms with Gasteiger partial charge in [-0.3, -0.25) is 4.79 Å². The van der Waals surface area contributed by atoms with Crippen LogP contribution in [0.15, 0.2) is 24.3 Å². The lowest BCUT2D eigenvalue weighted by molar-refractivity contribution is -0.127. The second kappa shape index (κ2) is 7.79. The molecule has 0 saturated carbocycles. The summed E-state index contributed by atoms with van der Waals surface area (Å²) in [5.41, 5.74) is 6.92. The average Bonchev–Trinajstić information content (AvgIpc) is 2.37. The zero-order chi connectivity index (χ0) is 14.3. The molecular weight excluding hydrogens is 240 g/mol. The number of carbonyl (C=O) groups excluding carboxylic acids is 1. The third-order valence-corrected chi connectivity index (χ3v) is 2.71. The molecule has 0 aliphatic carbocycles. The molecule has 2 atom stereocenters. The predicted octanol–water partition coefficient (Wildman–Crippen LogP) is 1.87. The van der Waals surface area contributed by atoms with Gasteiger partial charge >= 0.3 is 0 Å². The SMILES string of the molecule is CCCNC(=O)C(C)Oc1ccc(CC(C)N)cc1. The van der Waals surface area contributed by atoms with Gasteiger partial charge in [-0.1, -0.05) is 19.1 Å². The molecule has 4 nitrogen and oxygen atoms in total. The van der Waals surface area contributed by atoms with E-state index in [0.717, 1.165) is 12.8 Å². The monoisotopic (exact) mass is 264 g/mol. The highest BCUT2D eigenvalue weighted by molar-refractivity contribution is 5.80. The molecule has 106 valence electrons. The van der Waals surface area contributed by atoms with Gasteiger partial charge in [0.05, 0.1) is 0 Å². The van der Waals surface area contributed by atoms with E-state index < -0.39 is 6.10 Å². The molecule has 0 spiro atoms. The largest absolute Gasteiger partial charge is 0.481 e. The highest BCUT2D eigenvalue weighted by atomic mass is 16.5. The second-order valence-corrected chi connectivity index (χ2v) is 4.88. The highest BCUT2D eigenvalue weighted by Gasteiger charge is 2.13. The Balaban J connectivity index is 2.50. The molecule has 0 saturated heterocycles. The van der Waals surface area contributed by atoms with Crippen LogP contribution in [-0.2, 0) is 11.2 Å². The fraction of sp³-hybridized carbons (Fsp3) is 0.533. The van der Waals surface area contributed by atoms with Gasteiger partial charge in [0.1, 0.15) is 5.75 Å². The Bertz CT molecular complexity index is 388. The van der Waals surface area contributed by atoms with Crippen LogP contribution in [0.2, 0.25) is 0 Å². The molecule has 1 amide bonds. The van der Waals surface area contributed by atoms with Crippen molar-refractivity contribution >= 4 is 5.91 Å². The maximum absolute atomic E-state index is 11.7. The maximum Gasteiger partial charge on any atom is 0.260 e. The third kappa shape index (κ3) is 5.75. The second-order valence-electron chi connectivity index (χ2n) is 4.88. The number of ether oxygens (including phenoxy) is 1. The van der Waals surface area contributed by atoms with Gasteiger partial charge in [-0.05, 0) is 44.4 Å². The minimum absolute atomic E-state index is 0.0819. The molecule has 0 aliphatic rings. The summed E-state index contributed by atoms with van der Waals surface area (Å²) in [7, 11) is 0. The summed E-state index contributed by atoms with van der Waals surface area (Å²) in [6.45, 7) is 6.42. The summed E-state index contributed by atoms with van der Waals surface area (Å²) in [6.07, 6.45) is 1.28. The van der Waals surface area contributed by atoms with Gasteiger partial charge in [-0.2, -0.15) is 0 Å². The Morgan fingerprint density at radius 2 is 1.95 bits per heavy atom. The van der Waals surface area contributed by atoms with Crippen LogP contribution in [0.5, 0.6) is 5.75 Å². The average molecular weight is 264 g/mol. The summed E-state index contributed by atoms with van der Waals surface area (Å²) in [5, 5.41) is 2.81. The zero-order valence-electron chi connectivity index (χ0n) is 12.0. The molecule has 4 heteroatoms. The smallest absolute Gasteiger partial charge is 0.260 e. The van der Waals surface area contributed by atoms with Crippen LogP contribution in [0.25, 0.3) is 0 Å². The molecule has 1 rings (SSSR count). The normalized spacial score (nSPS) is 13.7. The van der Waals surface area contributed by atoms with E-state index in [2.05, 4.69) is 5.32 Å². The molecule has 0 heterocycles. The molecule has 1 aromatic rings. The van der Waals surface area contributed by atoms with Crippen LogP contribution in [-0.4, -0.2) is 24.6 Å². The van der Waals surface area contributed by atoms with Crippen LogP contribution in [0.4, 0.5) is 0 Å². The van der Waals surface area contributed by atoms with Gasteiger partial charge in [-0.25, -0.2) is 0 Å². The molecule has 0 aromatic heterocycles. The van der Waals surface area contributed by atoms with Crippen molar-refractivity contribution in [1.82, 2.24) is 5.32 Å². The van der Waals surface area contributed by atoms with Gasteiger partial charge in [0.15, 0.2) is 6.10 Å². The minimum Gasteiger partial charge on any atom is -0.481 e. The van der Waals surface area contributed by atoms with E-state index in [0.29, 0.717) is 12.3 Å². The number of benzene rings is 1. The van der Waals surface area contributed by atoms with Crippen molar-refractivity contribution in [3.05, 3.63) is 29.8 Å². The van der Waals surface area contributed by atoms with Crippen LogP contribution in [0.1, 0.15) is 32.8 Å². The van der Waals surface area contributed by atoms with E-state index in [9.17, 15) is 4.79 Å². The van der Waals surface area contributed by atoms with Crippen molar-refractivity contribution in [2.45, 2.75) is 45.8 Å². The van der Waals surface area contributed by atoms with Crippen molar-refractivity contribution in [2.75, 3.05) is 6.54 Å². The number of hydrogen-bond donors (Lipinski definition) is 2. The lowest BCUT2D eigenvalue weighted by Gasteiger charge is -2.15. The molecule has 0 radical (unpaired) electrons. The third-order valence-electron chi connectivity index (χ3n) is 2.71. The molecule has 0 bridgehead atoms. The van der Waals surface area contributed by atoms with E-state index in [4.69, 9.17) is 10.5 Å². The lowest BCUT2D eigenvalue weighted by Crippen LogP contribution is -2.36. The first-order valence-corrected chi connectivity index (χ1v) is 6.81. The summed E-state index contributed by atoms with van der Waals surface area (Å²) in [6, 6.07) is 7.86. The Hall–Kier alpha value is -1.55. The van der Waals surface area contributed by atoms with E-state index in [1.54, 1.807) is 6.92 Å². The number of nitrogens with one attached hydrogen (secondary N) is 1. The number of rotatable bonds is 7. The molecule has 0 fully saturated rings. The highest BCUT2D eigenvalue weighted by Crippen LogP contribution is 2.14. The van der Waals surface area contributed by atoms with E-state index >= 15 is 0 Å². The number of amides is 1. The van der Waals surface area contributed by atoms with Crippen molar-refractivity contribution in [3.8, 4) is 5.75 Å². The topological polar surface area (TPSA) is 64.3 Å². The molecular formula is C15H24N2O2. The van der Waals surface area contributed by atoms with Crippen molar-refractivity contribution in [2.24, 2.45) is 5.73 Å². The summed E-state index contributed by atoms with van der Waals surface area (Å²) < 4.78 is 5.59. The number of carbonyl (C=O) groups is 1. The van der Waals surface area contributed by atoms with Gasteiger partial charge in [0.25, 0.3) is 5.91 Å². The summed E-state index contributed by atoms with van der Waals surface area (Å²) in [5.74, 6) is 0.620. The first-order valence-electron chi connectivity index (χ1n) is 6.81. The predicted molar refractivity (Wildman–Crippen MR) is 77.2 cm³/mol. The Kier molecular flexibility index (Phi) is 6.36. The quantitative estimate of drug-likeness (QED) is 0.790. The van der Waals surface area contributed by atoms with E-state index in [1.165, 1.54) is 5.56 Å². The molecule has 3 N–H and O–H groups in total. The standard InChI is InChI=1S/C15H24N2O2/c1-4-9-17-15(18)12(3)19-14-7-5-13(6-8-14)10-11(2)16/h5-8,11-12H,4,9-10,16H2,1-3H3,(H,17,18). The van der Waals surface area contributed by atoms with Crippen molar-refractivity contribution in [3.63, 3.8) is 0 Å². The van der Waals surface area contributed by atoms with E-state index in [1.807, 2.05) is 38.1 Å². The van der Waals surface area contributed by atoms with Crippen LogP contribution in [0, 0.1) is 0 Å². The van der Waals surface area contributed by atoms with Gasteiger partial charge in [0.2, 0.25) is 0 Å². The molecule has 19 heavy (non-hydrogen) atoms. The first-order chi connectivity index (χ1) is 9.02. The first kappa shape index (κ1) is 15.5.